The Kier molecular flexibility index (Phi) is 3.49. The largest absolute Gasteiger partial charge is 0.396 e. The van der Waals surface area contributed by atoms with Gasteiger partial charge in [-0.2, -0.15) is 0 Å². The molecule has 2 heterocycles. The summed E-state index contributed by atoms with van der Waals surface area (Å²) >= 11 is 0. The van der Waals surface area contributed by atoms with Crippen molar-refractivity contribution in [3.63, 3.8) is 0 Å². The van der Waals surface area contributed by atoms with Crippen LogP contribution < -0.4 is 0 Å². The molecule has 0 saturated carbocycles. The molecule has 1 aromatic carbocycles. The van der Waals surface area contributed by atoms with Crippen LogP contribution in [0.25, 0.3) is 10.9 Å². The van der Waals surface area contributed by atoms with Crippen molar-refractivity contribution in [2.45, 2.75) is 25.8 Å². The fraction of sp³-hybridized carbons (Fsp3) is 0.438. The van der Waals surface area contributed by atoms with Gasteiger partial charge in [0.05, 0.1) is 0 Å². The van der Waals surface area contributed by atoms with Crippen LogP contribution in [-0.4, -0.2) is 40.1 Å². The number of piperidine rings is 1. The maximum atomic E-state index is 12.7. The smallest absolute Gasteiger partial charge is 0.254 e. The Morgan fingerprint density at radius 1 is 1.40 bits per heavy atom. The number of H-pyrrole nitrogens is 1. The predicted octanol–water partition coefficient (Wildman–Crippen LogP) is 2.40. The van der Waals surface area contributed by atoms with Crippen molar-refractivity contribution in [3.8, 4) is 0 Å². The summed E-state index contributed by atoms with van der Waals surface area (Å²) in [6.07, 6.45) is 3.84. The number of likely N-dealkylation sites (tertiary alicyclic amines) is 1. The molecule has 106 valence electrons. The Bertz CT molecular complexity index is 620. The molecule has 20 heavy (non-hydrogen) atoms. The summed E-state index contributed by atoms with van der Waals surface area (Å²) in [6.45, 7) is 2.89. The first-order chi connectivity index (χ1) is 9.69. The molecule has 4 nitrogen and oxygen atoms in total. The molecule has 4 heteroatoms. The number of amides is 1. The molecule has 2 unspecified atom stereocenters. The Morgan fingerprint density at radius 2 is 2.25 bits per heavy atom. The molecule has 3 rings (SSSR count). The molecule has 2 atom stereocenters. The standard InChI is InChI=1S/C16H20N2O2/c1-11-2-3-12(10-19)9-18(11)16(20)14-5-4-13-6-7-17-15(13)8-14/h4-8,11-12,17,19H,2-3,9-10H2,1H3. The molecule has 0 spiro atoms. The van der Waals surface area contributed by atoms with E-state index in [0.717, 1.165) is 23.7 Å². The number of benzene rings is 1. The molecule has 0 radical (unpaired) electrons. The molecule has 1 aliphatic rings. The fourth-order valence-corrected chi connectivity index (χ4v) is 2.96. The molecule has 1 saturated heterocycles. The number of aliphatic hydroxyl groups excluding tert-OH is 1. The summed E-state index contributed by atoms with van der Waals surface area (Å²) in [4.78, 5) is 17.7. The third-order valence-electron chi connectivity index (χ3n) is 4.30. The van der Waals surface area contributed by atoms with E-state index in [4.69, 9.17) is 0 Å². The van der Waals surface area contributed by atoms with Gasteiger partial charge in [-0.1, -0.05) is 6.07 Å². The Balaban J connectivity index is 1.86. The minimum Gasteiger partial charge on any atom is -0.396 e. The van der Waals surface area contributed by atoms with Gasteiger partial charge in [-0.25, -0.2) is 0 Å². The van der Waals surface area contributed by atoms with Crippen LogP contribution in [0.4, 0.5) is 0 Å². The predicted molar refractivity (Wildman–Crippen MR) is 78.6 cm³/mol. The zero-order valence-electron chi connectivity index (χ0n) is 11.7. The van der Waals surface area contributed by atoms with Gasteiger partial charge in [0.2, 0.25) is 0 Å². The van der Waals surface area contributed by atoms with Crippen molar-refractivity contribution in [2.24, 2.45) is 5.92 Å². The van der Waals surface area contributed by atoms with Gasteiger partial charge in [0, 0.05) is 36.5 Å². The average Bonchev–Trinajstić information content (AvgIpc) is 2.94. The number of fused-ring (bicyclic) bond motifs is 1. The number of carbonyl (C=O) groups excluding carboxylic acids is 1. The number of rotatable bonds is 2. The number of nitrogens with one attached hydrogen (secondary N) is 1. The molecule has 2 N–H and O–H groups in total. The van der Waals surface area contributed by atoms with Crippen molar-refractivity contribution in [1.29, 1.82) is 0 Å². The zero-order chi connectivity index (χ0) is 14.1. The molecule has 1 aliphatic heterocycles. The summed E-state index contributed by atoms with van der Waals surface area (Å²) in [5, 5.41) is 10.4. The van der Waals surface area contributed by atoms with E-state index in [1.165, 1.54) is 0 Å². The summed E-state index contributed by atoms with van der Waals surface area (Å²) in [7, 11) is 0. The second kappa shape index (κ2) is 5.29. The molecular weight excluding hydrogens is 252 g/mol. The van der Waals surface area contributed by atoms with E-state index in [9.17, 15) is 9.90 Å². The lowest BCUT2D eigenvalue weighted by atomic mass is 9.93. The first kappa shape index (κ1) is 13.2. The number of nitrogens with zero attached hydrogens (tertiary/aromatic N) is 1. The highest BCUT2D eigenvalue weighted by Crippen LogP contribution is 2.24. The lowest BCUT2D eigenvalue weighted by Crippen LogP contribution is -2.46. The average molecular weight is 272 g/mol. The molecular formula is C16H20N2O2. The summed E-state index contributed by atoms with van der Waals surface area (Å²) < 4.78 is 0. The zero-order valence-corrected chi connectivity index (χ0v) is 11.7. The van der Waals surface area contributed by atoms with E-state index >= 15 is 0 Å². The third-order valence-corrected chi connectivity index (χ3v) is 4.30. The Labute approximate surface area is 118 Å². The molecule has 1 amide bonds. The van der Waals surface area contributed by atoms with Gasteiger partial charge in [-0.15, -0.1) is 0 Å². The monoisotopic (exact) mass is 272 g/mol. The quantitative estimate of drug-likeness (QED) is 0.882. The summed E-state index contributed by atoms with van der Waals surface area (Å²) in [5.74, 6) is 0.275. The minimum atomic E-state index is 0.0622. The van der Waals surface area contributed by atoms with Crippen LogP contribution in [0.3, 0.4) is 0 Å². The first-order valence-corrected chi connectivity index (χ1v) is 7.18. The second-order valence-corrected chi connectivity index (χ2v) is 5.71. The van der Waals surface area contributed by atoms with Crippen molar-refractivity contribution < 1.29 is 9.90 Å². The lowest BCUT2D eigenvalue weighted by Gasteiger charge is -2.37. The van der Waals surface area contributed by atoms with E-state index in [2.05, 4.69) is 11.9 Å². The highest BCUT2D eigenvalue weighted by atomic mass is 16.3. The maximum absolute atomic E-state index is 12.7. The van der Waals surface area contributed by atoms with Crippen LogP contribution in [-0.2, 0) is 0 Å². The fourth-order valence-electron chi connectivity index (χ4n) is 2.96. The number of hydrogen-bond acceptors (Lipinski definition) is 2. The van der Waals surface area contributed by atoms with E-state index in [1.54, 1.807) is 0 Å². The van der Waals surface area contributed by atoms with Crippen LogP contribution in [0, 0.1) is 5.92 Å². The molecule has 1 aromatic heterocycles. The number of carbonyl (C=O) groups is 1. The topological polar surface area (TPSA) is 56.3 Å². The maximum Gasteiger partial charge on any atom is 0.254 e. The van der Waals surface area contributed by atoms with Crippen LogP contribution in [0.5, 0.6) is 0 Å². The summed E-state index contributed by atoms with van der Waals surface area (Å²) in [5.41, 5.74) is 1.70. The number of aliphatic hydroxyl groups is 1. The second-order valence-electron chi connectivity index (χ2n) is 5.71. The minimum absolute atomic E-state index is 0.0622. The Morgan fingerprint density at radius 3 is 3.05 bits per heavy atom. The highest BCUT2D eigenvalue weighted by Gasteiger charge is 2.29. The van der Waals surface area contributed by atoms with Gasteiger partial charge in [0.1, 0.15) is 0 Å². The molecule has 0 bridgehead atoms. The van der Waals surface area contributed by atoms with Gasteiger partial charge in [0.25, 0.3) is 5.91 Å². The van der Waals surface area contributed by atoms with Gasteiger partial charge >= 0.3 is 0 Å². The molecule has 1 fully saturated rings. The van der Waals surface area contributed by atoms with Crippen LogP contribution >= 0.6 is 0 Å². The SMILES string of the molecule is CC1CCC(CO)CN1C(=O)c1ccc2cc[nH]c2c1. The van der Waals surface area contributed by atoms with E-state index in [-0.39, 0.29) is 24.5 Å². The van der Waals surface area contributed by atoms with Gasteiger partial charge in [-0.05, 0) is 49.3 Å². The normalized spacial score (nSPS) is 23.2. The van der Waals surface area contributed by atoms with Crippen LogP contribution in [0.1, 0.15) is 30.1 Å². The number of hydrogen-bond donors (Lipinski definition) is 2. The Hall–Kier alpha value is -1.81. The van der Waals surface area contributed by atoms with E-state index in [0.29, 0.717) is 12.1 Å². The first-order valence-electron chi connectivity index (χ1n) is 7.18. The number of aromatic nitrogens is 1. The molecule has 0 aliphatic carbocycles. The van der Waals surface area contributed by atoms with Gasteiger partial charge < -0.3 is 15.0 Å². The molecule has 2 aromatic rings. The highest BCUT2D eigenvalue weighted by molar-refractivity contribution is 5.98. The lowest BCUT2D eigenvalue weighted by molar-refractivity contribution is 0.0489. The number of aromatic amines is 1. The van der Waals surface area contributed by atoms with E-state index in [1.807, 2.05) is 35.4 Å². The van der Waals surface area contributed by atoms with Crippen molar-refractivity contribution in [3.05, 3.63) is 36.0 Å². The van der Waals surface area contributed by atoms with Gasteiger partial charge in [-0.3, -0.25) is 4.79 Å². The third kappa shape index (κ3) is 2.31. The van der Waals surface area contributed by atoms with Crippen LogP contribution in [0.15, 0.2) is 30.5 Å². The van der Waals surface area contributed by atoms with Gasteiger partial charge in [0.15, 0.2) is 0 Å². The van der Waals surface area contributed by atoms with Crippen LogP contribution in [0.2, 0.25) is 0 Å². The van der Waals surface area contributed by atoms with Crippen molar-refractivity contribution >= 4 is 16.8 Å². The van der Waals surface area contributed by atoms with E-state index < -0.39 is 0 Å². The van der Waals surface area contributed by atoms with Crippen molar-refractivity contribution in [1.82, 2.24) is 9.88 Å². The summed E-state index contributed by atoms with van der Waals surface area (Å²) in [6, 6.07) is 8.00. The van der Waals surface area contributed by atoms with Crippen molar-refractivity contribution in [2.75, 3.05) is 13.2 Å².